The summed E-state index contributed by atoms with van der Waals surface area (Å²) >= 11 is 1.58. The summed E-state index contributed by atoms with van der Waals surface area (Å²) in [7, 11) is 0. The van der Waals surface area contributed by atoms with Gasteiger partial charge in [0.1, 0.15) is 6.04 Å². The molecule has 0 radical (unpaired) electrons. The molecule has 1 aliphatic heterocycles. The monoisotopic (exact) mass is 424 g/mol. The first-order valence-electron chi connectivity index (χ1n) is 10.4. The van der Waals surface area contributed by atoms with Crippen molar-refractivity contribution in [1.29, 1.82) is 0 Å². The average molecular weight is 425 g/mol. The maximum absolute atomic E-state index is 13.2. The molecule has 0 spiro atoms. The number of hydrogen-bond donors (Lipinski definition) is 3. The molecule has 2 fully saturated rings. The van der Waals surface area contributed by atoms with Crippen LogP contribution >= 0.6 is 11.3 Å². The second kappa shape index (κ2) is 7.75. The van der Waals surface area contributed by atoms with Crippen LogP contribution in [-0.4, -0.2) is 38.8 Å². The summed E-state index contributed by atoms with van der Waals surface area (Å²) in [6.07, 6.45) is 5.38. The Balaban J connectivity index is 1.38. The van der Waals surface area contributed by atoms with Crippen LogP contribution in [0.1, 0.15) is 37.7 Å². The Morgan fingerprint density at radius 1 is 1.13 bits per heavy atom. The Morgan fingerprint density at radius 2 is 1.97 bits per heavy atom. The molecule has 0 bridgehead atoms. The molecule has 5 rings (SSSR count). The molecule has 7 nitrogen and oxygen atoms in total. The molecule has 0 unspecified atom stereocenters. The van der Waals surface area contributed by atoms with E-state index >= 15 is 0 Å². The van der Waals surface area contributed by atoms with Crippen molar-refractivity contribution >= 4 is 39.9 Å². The van der Waals surface area contributed by atoms with Crippen LogP contribution < -0.4 is 11.0 Å². The number of aromatic amines is 2. The number of fused-ring (bicyclic) bond motifs is 2. The zero-order chi connectivity index (χ0) is 20.7. The van der Waals surface area contributed by atoms with Crippen molar-refractivity contribution in [3.8, 4) is 0 Å². The summed E-state index contributed by atoms with van der Waals surface area (Å²) in [5.41, 5.74) is 2.67. The van der Waals surface area contributed by atoms with Gasteiger partial charge in [0.05, 0.1) is 17.5 Å². The Bertz CT molecular complexity index is 1130. The second-order valence-electron chi connectivity index (χ2n) is 8.30. The zero-order valence-corrected chi connectivity index (χ0v) is 17.3. The van der Waals surface area contributed by atoms with Crippen molar-refractivity contribution in [3.63, 3.8) is 0 Å². The number of nitrogens with one attached hydrogen (secondary N) is 3. The van der Waals surface area contributed by atoms with Crippen LogP contribution in [0.15, 0.2) is 39.8 Å². The van der Waals surface area contributed by atoms with E-state index in [4.69, 9.17) is 0 Å². The third kappa shape index (κ3) is 3.56. The van der Waals surface area contributed by atoms with Gasteiger partial charge in [0.15, 0.2) is 0 Å². The van der Waals surface area contributed by atoms with E-state index in [0.29, 0.717) is 29.1 Å². The van der Waals surface area contributed by atoms with Gasteiger partial charge in [0.25, 0.3) is 0 Å². The van der Waals surface area contributed by atoms with E-state index in [0.717, 1.165) is 31.2 Å². The van der Waals surface area contributed by atoms with Crippen LogP contribution in [0, 0.1) is 5.92 Å². The standard InChI is InChI=1S/C22H24N4O3S/c27-20(9-13-7-8-30-12-13)26-18-4-2-1-3-14(18)10-19(26)21(28)23-15-5-6-16-17(11-15)25-22(29)24-16/h5-8,11-12,14,18-19H,1-4,9-10H2,(H,23,28)(H2,24,25,29)/t14-,18-,19-/m0/s1. The minimum Gasteiger partial charge on any atom is -0.327 e. The van der Waals surface area contributed by atoms with Crippen LogP contribution in [-0.2, 0) is 16.0 Å². The van der Waals surface area contributed by atoms with Gasteiger partial charge < -0.3 is 20.2 Å². The molecule has 3 N–H and O–H groups in total. The number of thiophene rings is 1. The van der Waals surface area contributed by atoms with Gasteiger partial charge >= 0.3 is 5.69 Å². The Kier molecular flexibility index (Phi) is 4.94. The lowest BCUT2D eigenvalue weighted by molar-refractivity contribution is -0.138. The highest BCUT2D eigenvalue weighted by molar-refractivity contribution is 7.08. The topological polar surface area (TPSA) is 98.1 Å². The van der Waals surface area contributed by atoms with E-state index in [9.17, 15) is 14.4 Å². The molecular formula is C22H24N4O3S. The van der Waals surface area contributed by atoms with Gasteiger partial charge in [-0.05, 0) is 65.8 Å². The number of H-pyrrole nitrogens is 2. The third-order valence-electron chi connectivity index (χ3n) is 6.40. The fraction of sp³-hybridized carbons (Fsp3) is 0.409. The first-order valence-corrected chi connectivity index (χ1v) is 11.4. The molecule has 3 heterocycles. The van der Waals surface area contributed by atoms with Crippen LogP contribution in [0.25, 0.3) is 11.0 Å². The highest BCUT2D eigenvalue weighted by atomic mass is 32.1. The number of imidazole rings is 1. The lowest BCUT2D eigenvalue weighted by atomic mass is 9.84. The van der Waals surface area contributed by atoms with Crippen LogP contribution in [0.3, 0.4) is 0 Å². The number of nitrogens with zero attached hydrogens (tertiary/aromatic N) is 1. The predicted octanol–water partition coefficient (Wildman–Crippen LogP) is 3.26. The number of hydrogen-bond acceptors (Lipinski definition) is 4. The summed E-state index contributed by atoms with van der Waals surface area (Å²) in [5, 5.41) is 6.94. The largest absolute Gasteiger partial charge is 0.327 e. The summed E-state index contributed by atoms with van der Waals surface area (Å²) in [5.74, 6) is 0.276. The summed E-state index contributed by atoms with van der Waals surface area (Å²) < 4.78 is 0. The number of anilines is 1. The summed E-state index contributed by atoms with van der Waals surface area (Å²) in [6, 6.07) is 6.94. The van der Waals surface area contributed by atoms with Gasteiger partial charge in [-0.2, -0.15) is 11.3 Å². The minimum atomic E-state index is -0.454. The first-order chi connectivity index (χ1) is 14.6. The van der Waals surface area contributed by atoms with Crippen molar-refractivity contribution in [1.82, 2.24) is 14.9 Å². The fourth-order valence-corrected chi connectivity index (χ4v) is 5.72. The van der Waals surface area contributed by atoms with Crippen molar-refractivity contribution < 1.29 is 9.59 Å². The van der Waals surface area contributed by atoms with Crippen LogP contribution in [0.2, 0.25) is 0 Å². The normalized spacial score (nSPS) is 23.5. The third-order valence-corrected chi connectivity index (χ3v) is 7.13. The maximum atomic E-state index is 13.2. The second-order valence-corrected chi connectivity index (χ2v) is 9.08. The highest BCUT2D eigenvalue weighted by Crippen LogP contribution is 2.40. The van der Waals surface area contributed by atoms with E-state index in [2.05, 4.69) is 15.3 Å². The summed E-state index contributed by atoms with van der Waals surface area (Å²) in [4.78, 5) is 45.2. The number of rotatable bonds is 4. The van der Waals surface area contributed by atoms with Gasteiger partial charge in [0.2, 0.25) is 11.8 Å². The zero-order valence-electron chi connectivity index (χ0n) is 16.5. The molecule has 1 saturated heterocycles. The quantitative estimate of drug-likeness (QED) is 0.600. The SMILES string of the molecule is O=C(Nc1ccc2[nH]c(=O)[nH]c2c1)[C@@H]1C[C@@H]2CCCC[C@@H]2N1C(=O)Cc1ccsc1. The molecule has 1 aromatic carbocycles. The molecule has 1 aliphatic carbocycles. The Labute approximate surface area is 177 Å². The molecule has 156 valence electrons. The van der Waals surface area contributed by atoms with Gasteiger partial charge in [-0.3, -0.25) is 9.59 Å². The van der Waals surface area contributed by atoms with E-state index in [1.807, 2.05) is 21.7 Å². The number of likely N-dealkylation sites (tertiary alicyclic amines) is 1. The number of benzene rings is 1. The Morgan fingerprint density at radius 3 is 2.80 bits per heavy atom. The molecule has 8 heteroatoms. The first kappa shape index (κ1) is 19.1. The van der Waals surface area contributed by atoms with Gasteiger partial charge in [0, 0.05) is 11.7 Å². The minimum absolute atomic E-state index is 0.0355. The molecule has 2 aromatic heterocycles. The molecular weight excluding hydrogens is 400 g/mol. The van der Waals surface area contributed by atoms with Crippen LogP contribution in [0.5, 0.6) is 0 Å². The van der Waals surface area contributed by atoms with Gasteiger partial charge in [-0.1, -0.05) is 12.8 Å². The van der Waals surface area contributed by atoms with E-state index in [1.165, 1.54) is 6.42 Å². The number of carbonyl (C=O) groups is 2. The highest BCUT2D eigenvalue weighted by Gasteiger charge is 2.47. The van der Waals surface area contributed by atoms with Gasteiger partial charge in [-0.25, -0.2) is 4.79 Å². The molecule has 3 atom stereocenters. The molecule has 2 aliphatic rings. The molecule has 1 saturated carbocycles. The fourth-order valence-electron chi connectivity index (χ4n) is 5.05. The average Bonchev–Trinajstić information content (AvgIpc) is 3.44. The van der Waals surface area contributed by atoms with E-state index < -0.39 is 6.04 Å². The lowest BCUT2D eigenvalue weighted by Gasteiger charge is -2.33. The van der Waals surface area contributed by atoms with Crippen molar-refractivity contribution in [2.45, 2.75) is 50.6 Å². The smallest absolute Gasteiger partial charge is 0.323 e. The maximum Gasteiger partial charge on any atom is 0.323 e. The number of carbonyl (C=O) groups excluding carboxylic acids is 2. The number of aromatic nitrogens is 2. The van der Waals surface area contributed by atoms with Crippen molar-refractivity contribution in [2.75, 3.05) is 5.32 Å². The molecule has 2 amide bonds. The Hall–Kier alpha value is -2.87. The van der Waals surface area contributed by atoms with Crippen molar-refractivity contribution in [2.24, 2.45) is 5.92 Å². The summed E-state index contributed by atoms with van der Waals surface area (Å²) in [6.45, 7) is 0. The van der Waals surface area contributed by atoms with Gasteiger partial charge in [-0.15, -0.1) is 0 Å². The lowest BCUT2D eigenvalue weighted by Crippen LogP contribution is -2.48. The van der Waals surface area contributed by atoms with E-state index in [1.54, 1.807) is 29.5 Å². The van der Waals surface area contributed by atoms with Crippen molar-refractivity contribution in [3.05, 3.63) is 51.1 Å². The van der Waals surface area contributed by atoms with Crippen LogP contribution in [0.4, 0.5) is 5.69 Å². The number of amides is 2. The predicted molar refractivity (Wildman–Crippen MR) is 117 cm³/mol. The molecule has 3 aromatic rings. The van der Waals surface area contributed by atoms with E-state index in [-0.39, 0.29) is 23.5 Å². The molecule has 30 heavy (non-hydrogen) atoms.